The van der Waals surface area contributed by atoms with Gasteiger partial charge in [0.15, 0.2) is 17.3 Å². The molecule has 12 nitrogen and oxygen atoms in total. The van der Waals surface area contributed by atoms with Crippen LogP contribution in [0.15, 0.2) is 54.6 Å². The average molecular weight is 639 g/mol. The van der Waals surface area contributed by atoms with E-state index in [1.807, 2.05) is 61.6 Å². The second-order valence-electron chi connectivity index (χ2n) is 11.7. The third-order valence-electron chi connectivity index (χ3n) is 8.46. The van der Waals surface area contributed by atoms with Gasteiger partial charge in [-0.1, -0.05) is 12.1 Å². The molecule has 0 spiro atoms. The highest BCUT2D eigenvalue weighted by Gasteiger charge is 2.18. The normalized spacial score (nSPS) is 15.4. The van der Waals surface area contributed by atoms with E-state index in [1.54, 1.807) is 7.11 Å². The molecule has 0 saturated carbocycles. The van der Waals surface area contributed by atoms with Crippen LogP contribution in [-0.4, -0.2) is 105 Å². The van der Waals surface area contributed by atoms with Gasteiger partial charge in [0, 0.05) is 72.5 Å². The molecule has 0 radical (unpaired) electrons. The van der Waals surface area contributed by atoms with E-state index in [0.29, 0.717) is 60.7 Å². The number of nitrogens with one attached hydrogen (secondary N) is 4. The number of ether oxygens (including phenoxy) is 3. The van der Waals surface area contributed by atoms with E-state index >= 15 is 0 Å². The van der Waals surface area contributed by atoms with Crippen molar-refractivity contribution in [3.8, 4) is 22.9 Å². The highest BCUT2D eigenvalue weighted by Crippen LogP contribution is 2.37. The number of anilines is 4. The molecule has 4 N–H and O–H groups in total. The topological polar surface area (TPSA) is 137 Å². The number of likely N-dealkylation sites (tertiary alicyclic amines) is 1. The van der Waals surface area contributed by atoms with Crippen LogP contribution in [0.5, 0.6) is 11.5 Å². The predicted octanol–water partition coefficient (Wildman–Crippen LogP) is 4.83. The van der Waals surface area contributed by atoms with Gasteiger partial charge in [-0.3, -0.25) is 14.6 Å². The Hall–Kier alpha value is -4.78. The van der Waals surface area contributed by atoms with E-state index in [9.17, 15) is 4.79 Å². The number of nitrogens with zero attached hydrogens (tertiary/aromatic N) is 4. The van der Waals surface area contributed by atoms with Crippen LogP contribution in [0.4, 0.5) is 22.9 Å². The molecule has 6 rings (SSSR count). The smallest absolute Gasteiger partial charge is 0.238 e. The number of carbonyl (C=O) groups excluding carboxylic acids is 1. The second kappa shape index (κ2) is 15.2. The first-order chi connectivity index (χ1) is 23.0. The van der Waals surface area contributed by atoms with Crippen LogP contribution in [0, 0.1) is 5.41 Å². The molecule has 0 bridgehead atoms. The van der Waals surface area contributed by atoms with Gasteiger partial charge >= 0.3 is 0 Å². The van der Waals surface area contributed by atoms with Crippen molar-refractivity contribution in [2.24, 2.45) is 0 Å². The Kier molecular flexibility index (Phi) is 10.4. The molecule has 2 saturated heterocycles. The summed E-state index contributed by atoms with van der Waals surface area (Å²) < 4.78 is 17.4. The maximum Gasteiger partial charge on any atom is 0.238 e. The van der Waals surface area contributed by atoms with E-state index in [1.165, 1.54) is 19.1 Å². The third-order valence-corrected chi connectivity index (χ3v) is 8.46. The molecule has 3 heterocycles. The zero-order chi connectivity index (χ0) is 32.6. The standard InChI is InChI=1S/C35H42N8O4/c1-37-29-9-8-27(19-25(29)22-36)39-35-28-20-32(47-17-14-42-10-3-4-11-42)31(45-2)21-30(28)40-34(41-35)24-6-5-7-26(18-24)38-33(44)23-43-12-15-46-16-13-43/h5-9,18-22,36-37H,3-4,10-17,23H2,1-2H3,(H,38,44)(H,39,40,41). The highest BCUT2D eigenvalue weighted by molar-refractivity contribution is 5.96. The Morgan fingerprint density at radius 1 is 0.979 bits per heavy atom. The fourth-order valence-electron chi connectivity index (χ4n) is 5.95. The lowest BCUT2D eigenvalue weighted by molar-refractivity contribution is -0.118. The summed E-state index contributed by atoms with van der Waals surface area (Å²) in [5.74, 6) is 2.18. The molecule has 246 valence electrons. The molecule has 4 aromatic rings. The third kappa shape index (κ3) is 7.97. The lowest BCUT2D eigenvalue weighted by Crippen LogP contribution is -2.41. The molecule has 0 atom stereocenters. The number of morpholine rings is 1. The number of hydrogen-bond donors (Lipinski definition) is 4. The molecule has 1 aromatic heterocycles. The zero-order valence-corrected chi connectivity index (χ0v) is 27.0. The van der Waals surface area contributed by atoms with Crippen LogP contribution in [0.25, 0.3) is 22.3 Å². The Labute approximate surface area is 274 Å². The largest absolute Gasteiger partial charge is 0.493 e. The summed E-state index contributed by atoms with van der Waals surface area (Å²) in [7, 11) is 3.46. The van der Waals surface area contributed by atoms with Crippen molar-refractivity contribution in [1.29, 1.82) is 5.41 Å². The van der Waals surface area contributed by atoms with Crippen molar-refractivity contribution >= 4 is 45.9 Å². The maximum absolute atomic E-state index is 12.8. The summed E-state index contributed by atoms with van der Waals surface area (Å²) in [6.45, 7) is 6.66. The number of rotatable bonds is 13. The second-order valence-corrected chi connectivity index (χ2v) is 11.7. The zero-order valence-electron chi connectivity index (χ0n) is 27.0. The van der Waals surface area contributed by atoms with Crippen molar-refractivity contribution in [1.82, 2.24) is 19.8 Å². The van der Waals surface area contributed by atoms with Gasteiger partial charge in [-0.2, -0.15) is 0 Å². The van der Waals surface area contributed by atoms with Gasteiger partial charge in [0.2, 0.25) is 5.91 Å². The minimum absolute atomic E-state index is 0.0835. The molecule has 1 amide bonds. The molecule has 0 aliphatic carbocycles. The van der Waals surface area contributed by atoms with E-state index < -0.39 is 0 Å². The summed E-state index contributed by atoms with van der Waals surface area (Å²) >= 11 is 0. The van der Waals surface area contributed by atoms with Gasteiger partial charge in [-0.25, -0.2) is 9.97 Å². The maximum atomic E-state index is 12.8. The van der Waals surface area contributed by atoms with Gasteiger partial charge in [-0.15, -0.1) is 0 Å². The van der Waals surface area contributed by atoms with Crippen molar-refractivity contribution < 1.29 is 19.0 Å². The predicted molar refractivity (Wildman–Crippen MR) is 186 cm³/mol. The molecular weight excluding hydrogens is 596 g/mol. The molecule has 3 aromatic carbocycles. The number of carbonyl (C=O) groups is 1. The summed E-state index contributed by atoms with van der Waals surface area (Å²) in [6, 6.07) is 17.1. The molecule has 12 heteroatoms. The Balaban J connectivity index is 1.33. The molecule has 2 fully saturated rings. The van der Waals surface area contributed by atoms with Crippen LogP contribution in [-0.2, 0) is 9.53 Å². The van der Waals surface area contributed by atoms with Crippen LogP contribution in [0.1, 0.15) is 18.4 Å². The highest BCUT2D eigenvalue weighted by atomic mass is 16.5. The molecule has 47 heavy (non-hydrogen) atoms. The van der Waals surface area contributed by atoms with Gasteiger partial charge in [0.1, 0.15) is 12.4 Å². The summed E-state index contributed by atoms with van der Waals surface area (Å²) in [6.07, 6.45) is 3.77. The monoisotopic (exact) mass is 638 g/mol. The van der Waals surface area contributed by atoms with E-state index in [2.05, 4.69) is 25.8 Å². The SMILES string of the molecule is CNc1ccc(Nc2nc(-c3cccc(NC(=O)CN4CCOCC4)c3)nc3cc(OC)c(OCCN4CCCC4)cc23)cc1C=N. The molecule has 2 aliphatic rings. The van der Waals surface area contributed by atoms with Crippen molar-refractivity contribution in [3.05, 3.63) is 60.2 Å². The Morgan fingerprint density at radius 2 is 1.81 bits per heavy atom. The molecular formula is C35H42N8O4. The number of benzene rings is 3. The molecule has 0 unspecified atom stereocenters. The first-order valence-corrected chi connectivity index (χ1v) is 16.1. The van der Waals surface area contributed by atoms with Gasteiger partial charge in [-0.05, 0) is 62.3 Å². The van der Waals surface area contributed by atoms with Crippen LogP contribution in [0.3, 0.4) is 0 Å². The quantitative estimate of drug-likeness (QED) is 0.151. The van der Waals surface area contributed by atoms with E-state index in [4.69, 9.17) is 29.6 Å². The minimum Gasteiger partial charge on any atom is -0.493 e. The average Bonchev–Trinajstić information content (AvgIpc) is 3.62. The lowest BCUT2D eigenvalue weighted by Gasteiger charge is -2.25. The fourth-order valence-corrected chi connectivity index (χ4v) is 5.95. The van der Waals surface area contributed by atoms with E-state index in [-0.39, 0.29) is 5.91 Å². The summed E-state index contributed by atoms with van der Waals surface area (Å²) in [4.78, 5) is 27.2. The number of fused-ring (bicyclic) bond motifs is 1. The van der Waals surface area contributed by atoms with Gasteiger partial charge < -0.3 is 35.6 Å². The Morgan fingerprint density at radius 3 is 2.57 bits per heavy atom. The number of hydrogen-bond acceptors (Lipinski definition) is 11. The van der Waals surface area contributed by atoms with Crippen LogP contribution in [0.2, 0.25) is 0 Å². The lowest BCUT2D eigenvalue weighted by atomic mass is 10.1. The van der Waals surface area contributed by atoms with Crippen molar-refractivity contribution in [3.63, 3.8) is 0 Å². The number of methoxy groups -OCH3 is 1. The molecule has 2 aliphatic heterocycles. The van der Waals surface area contributed by atoms with Crippen molar-refractivity contribution in [2.45, 2.75) is 12.8 Å². The number of aromatic nitrogens is 2. The van der Waals surface area contributed by atoms with Gasteiger partial charge in [0.05, 0.1) is 32.4 Å². The van der Waals surface area contributed by atoms with Gasteiger partial charge in [0.25, 0.3) is 0 Å². The summed E-state index contributed by atoms with van der Waals surface area (Å²) in [5.41, 5.74) is 4.44. The first kappa shape index (κ1) is 32.2. The Bertz CT molecular complexity index is 1720. The van der Waals surface area contributed by atoms with Crippen LogP contribution < -0.4 is 25.4 Å². The van der Waals surface area contributed by atoms with E-state index in [0.717, 1.165) is 60.6 Å². The summed E-state index contributed by atoms with van der Waals surface area (Å²) in [5, 5.41) is 18.3. The number of amides is 1. The van der Waals surface area contributed by atoms with Crippen molar-refractivity contribution in [2.75, 3.05) is 89.2 Å². The van der Waals surface area contributed by atoms with Crippen LogP contribution >= 0.6 is 0 Å². The minimum atomic E-state index is -0.0835. The first-order valence-electron chi connectivity index (χ1n) is 16.1. The fraction of sp³-hybridized carbons (Fsp3) is 0.371.